The van der Waals surface area contributed by atoms with Crippen LogP contribution in [-0.2, 0) is 11.2 Å². The third-order valence-electron chi connectivity index (χ3n) is 4.82. The first-order valence-electron chi connectivity index (χ1n) is 9.52. The van der Waals surface area contributed by atoms with E-state index in [1.807, 2.05) is 11.4 Å². The summed E-state index contributed by atoms with van der Waals surface area (Å²) >= 11 is 1.67. The summed E-state index contributed by atoms with van der Waals surface area (Å²) in [5.41, 5.74) is 0.673. The molecule has 1 unspecified atom stereocenters. The van der Waals surface area contributed by atoms with Crippen LogP contribution in [0.25, 0.3) is 11.4 Å². The van der Waals surface area contributed by atoms with Gasteiger partial charge >= 0.3 is 0 Å². The molecular formula is C21H24FN3O2S. The van der Waals surface area contributed by atoms with E-state index in [1.165, 1.54) is 17.0 Å². The Balaban J connectivity index is 1.59. The molecule has 0 radical (unpaired) electrons. The van der Waals surface area contributed by atoms with Gasteiger partial charge in [0, 0.05) is 23.3 Å². The molecule has 0 aliphatic rings. The molecule has 0 saturated heterocycles. The fourth-order valence-electron chi connectivity index (χ4n) is 3.19. The third kappa shape index (κ3) is 5.04. The second kappa shape index (κ2) is 9.59. The van der Waals surface area contributed by atoms with Gasteiger partial charge in [-0.1, -0.05) is 37.9 Å². The first-order valence-corrected chi connectivity index (χ1v) is 10.4. The quantitative estimate of drug-likeness (QED) is 0.537. The zero-order valence-electron chi connectivity index (χ0n) is 16.0. The van der Waals surface area contributed by atoms with E-state index in [1.54, 1.807) is 23.5 Å². The number of rotatable bonds is 9. The van der Waals surface area contributed by atoms with Crippen molar-refractivity contribution in [1.29, 1.82) is 0 Å². The average molecular weight is 402 g/mol. The van der Waals surface area contributed by atoms with Crippen molar-refractivity contribution in [3.8, 4) is 11.4 Å². The molecule has 0 spiro atoms. The van der Waals surface area contributed by atoms with Crippen LogP contribution in [0.1, 0.15) is 49.9 Å². The second-order valence-electron chi connectivity index (χ2n) is 6.66. The Kier molecular flexibility index (Phi) is 6.92. The Morgan fingerprint density at radius 1 is 1.21 bits per heavy atom. The van der Waals surface area contributed by atoms with Crippen LogP contribution in [0, 0.1) is 11.7 Å². The summed E-state index contributed by atoms with van der Waals surface area (Å²) in [7, 11) is 0. The van der Waals surface area contributed by atoms with Crippen molar-refractivity contribution in [2.24, 2.45) is 5.92 Å². The highest BCUT2D eigenvalue weighted by atomic mass is 32.1. The van der Waals surface area contributed by atoms with E-state index in [4.69, 9.17) is 4.52 Å². The van der Waals surface area contributed by atoms with Crippen molar-refractivity contribution in [1.82, 2.24) is 15.5 Å². The largest absolute Gasteiger partial charge is 0.348 e. The molecule has 0 fully saturated rings. The summed E-state index contributed by atoms with van der Waals surface area (Å²) in [5.74, 6) is 0.832. The van der Waals surface area contributed by atoms with Crippen LogP contribution >= 0.6 is 11.3 Å². The number of nitrogens with zero attached hydrogens (tertiary/aromatic N) is 2. The Bertz CT molecular complexity index is 873. The predicted octanol–water partition coefficient (Wildman–Crippen LogP) is 5.16. The highest BCUT2D eigenvalue weighted by molar-refractivity contribution is 7.10. The van der Waals surface area contributed by atoms with Gasteiger partial charge in [0.15, 0.2) is 0 Å². The van der Waals surface area contributed by atoms with Gasteiger partial charge < -0.3 is 9.84 Å². The number of nitrogens with one attached hydrogen (secondary N) is 1. The molecule has 2 heterocycles. The van der Waals surface area contributed by atoms with Gasteiger partial charge in [0.05, 0.1) is 6.04 Å². The van der Waals surface area contributed by atoms with Crippen LogP contribution in [-0.4, -0.2) is 16.0 Å². The highest BCUT2D eigenvalue weighted by Crippen LogP contribution is 2.30. The molecule has 0 aliphatic carbocycles. The number of aromatic nitrogens is 2. The number of carbonyl (C=O) groups excluding carboxylic acids is 1. The molecule has 3 rings (SSSR count). The number of hydrogen-bond donors (Lipinski definition) is 1. The number of hydrogen-bond acceptors (Lipinski definition) is 5. The van der Waals surface area contributed by atoms with E-state index in [0.29, 0.717) is 29.6 Å². The lowest BCUT2D eigenvalue weighted by Crippen LogP contribution is -2.33. The summed E-state index contributed by atoms with van der Waals surface area (Å²) in [6.45, 7) is 4.30. The predicted molar refractivity (Wildman–Crippen MR) is 107 cm³/mol. The highest BCUT2D eigenvalue weighted by Gasteiger charge is 2.23. The molecule has 5 nitrogen and oxygen atoms in total. The monoisotopic (exact) mass is 401 g/mol. The minimum absolute atomic E-state index is 0.0277. The number of amides is 1. The van der Waals surface area contributed by atoms with E-state index in [0.717, 1.165) is 12.8 Å². The Labute approximate surface area is 168 Å². The van der Waals surface area contributed by atoms with Gasteiger partial charge in [-0.2, -0.15) is 4.98 Å². The summed E-state index contributed by atoms with van der Waals surface area (Å²) in [6, 6.07) is 10.00. The molecule has 148 valence electrons. The topological polar surface area (TPSA) is 68.0 Å². The fourth-order valence-corrected chi connectivity index (χ4v) is 4.06. The standard InChI is InChI=1S/C21H24FN3O2S/c1-3-14(4-2)20(17-6-5-13-28-17)23-18(26)11-12-19-24-21(25-27-19)15-7-9-16(22)10-8-15/h5-10,13-14,20H,3-4,11-12H2,1-2H3,(H,23,26). The normalized spacial score (nSPS) is 12.3. The summed E-state index contributed by atoms with van der Waals surface area (Å²) in [4.78, 5) is 18.0. The SMILES string of the molecule is CCC(CC)C(NC(=O)CCc1nc(-c2ccc(F)cc2)no1)c1cccs1. The van der Waals surface area contributed by atoms with Gasteiger partial charge in [0.25, 0.3) is 0 Å². The number of halogens is 1. The third-order valence-corrected chi connectivity index (χ3v) is 5.78. The molecule has 3 aromatic rings. The van der Waals surface area contributed by atoms with Gasteiger partial charge in [-0.3, -0.25) is 4.79 Å². The van der Waals surface area contributed by atoms with Crippen LogP contribution in [0.15, 0.2) is 46.3 Å². The van der Waals surface area contributed by atoms with Gasteiger partial charge in [-0.25, -0.2) is 4.39 Å². The molecule has 2 aromatic heterocycles. The van der Waals surface area contributed by atoms with Crippen LogP contribution in [0.5, 0.6) is 0 Å². The Hall–Kier alpha value is -2.54. The molecule has 7 heteroatoms. The zero-order chi connectivity index (χ0) is 19.9. The van der Waals surface area contributed by atoms with Gasteiger partial charge in [0.2, 0.25) is 17.6 Å². The molecule has 0 bridgehead atoms. The van der Waals surface area contributed by atoms with Crippen molar-refractivity contribution < 1.29 is 13.7 Å². The van der Waals surface area contributed by atoms with E-state index in [9.17, 15) is 9.18 Å². The average Bonchev–Trinajstić information content (AvgIpc) is 3.39. The van der Waals surface area contributed by atoms with Crippen molar-refractivity contribution in [2.75, 3.05) is 0 Å². The zero-order valence-corrected chi connectivity index (χ0v) is 16.8. The maximum atomic E-state index is 13.0. The number of thiophene rings is 1. The van der Waals surface area contributed by atoms with E-state index >= 15 is 0 Å². The number of benzene rings is 1. The van der Waals surface area contributed by atoms with Crippen molar-refractivity contribution in [3.63, 3.8) is 0 Å². The van der Waals surface area contributed by atoms with E-state index < -0.39 is 0 Å². The number of carbonyl (C=O) groups is 1. The van der Waals surface area contributed by atoms with Gasteiger partial charge in [-0.15, -0.1) is 11.3 Å². The molecule has 1 atom stereocenters. The first kappa shape index (κ1) is 20.2. The molecule has 1 N–H and O–H groups in total. The smallest absolute Gasteiger partial charge is 0.227 e. The number of aryl methyl sites for hydroxylation is 1. The fraction of sp³-hybridized carbons (Fsp3) is 0.381. The summed E-state index contributed by atoms with van der Waals surface area (Å²) in [5, 5.41) is 9.12. The molecule has 28 heavy (non-hydrogen) atoms. The molecule has 1 aromatic carbocycles. The minimum atomic E-state index is -0.318. The van der Waals surface area contributed by atoms with E-state index in [2.05, 4.69) is 35.4 Å². The lowest BCUT2D eigenvalue weighted by molar-refractivity contribution is -0.122. The summed E-state index contributed by atoms with van der Waals surface area (Å²) in [6.07, 6.45) is 2.64. The minimum Gasteiger partial charge on any atom is -0.348 e. The van der Waals surface area contributed by atoms with Crippen LogP contribution in [0.2, 0.25) is 0 Å². The maximum Gasteiger partial charge on any atom is 0.227 e. The Morgan fingerprint density at radius 3 is 2.61 bits per heavy atom. The summed E-state index contributed by atoms with van der Waals surface area (Å²) < 4.78 is 18.3. The van der Waals surface area contributed by atoms with Crippen molar-refractivity contribution in [2.45, 2.75) is 45.6 Å². The second-order valence-corrected chi connectivity index (χ2v) is 7.64. The van der Waals surface area contributed by atoms with Crippen LogP contribution < -0.4 is 5.32 Å². The molecule has 0 aliphatic heterocycles. The Morgan fingerprint density at radius 2 is 1.96 bits per heavy atom. The lowest BCUT2D eigenvalue weighted by Gasteiger charge is -2.25. The van der Waals surface area contributed by atoms with Crippen molar-refractivity contribution in [3.05, 3.63) is 58.4 Å². The maximum absolute atomic E-state index is 13.0. The van der Waals surface area contributed by atoms with Gasteiger partial charge in [0.1, 0.15) is 5.82 Å². The molecule has 1 amide bonds. The van der Waals surface area contributed by atoms with Crippen LogP contribution in [0.3, 0.4) is 0 Å². The lowest BCUT2D eigenvalue weighted by atomic mass is 9.93. The first-order chi connectivity index (χ1) is 13.6. The van der Waals surface area contributed by atoms with E-state index in [-0.39, 0.29) is 24.2 Å². The van der Waals surface area contributed by atoms with Gasteiger partial charge in [-0.05, 0) is 41.6 Å². The molecular weight excluding hydrogens is 377 g/mol. The molecule has 0 saturated carbocycles. The van der Waals surface area contributed by atoms with Crippen LogP contribution in [0.4, 0.5) is 4.39 Å². The van der Waals surface area contributed by atoms with Crippen molar-refractivity contribution >= 4 is 17.2 Å².